The Bertz CT molecular complexity index is 1840. The lowest BCUT2D eigenvalue weighted by atomic mass is 9.99. The van der Waals surface area contributed by atoms with Crippen molar-refractivity contribution in [3.05, 3.63) is 0 Å². The third-order valence-electron chi connectivity index (χ3n) is 17.8. The number of phosphoric ester groups is 2. The maximum Gasteiger partial charge on any atom is 0.472 e. The Kier molecular flexibility index (Phi) is 62.2. The third kappa shape index (κ3) is 65.8. The van der Waals surface area contributed by atoms with Crippen LogP contribution in [0.1, 0.15) is 370 Å². The molecule has 93 heavy (non-hydrogen) atoms. The summed E-state index contributed by atoms with van der Waals surface area (Å²) in [6.45, 7) is 14.1. The van der Waals surface area contributed by atoms with Gasteiger partial charge in [0.2, 0.25) is 0 Å². The van der Waals surface area contributed by atoms with Gasteiger partial charge in [-0.25, -0.2) is 9.13 Å². The quantitative estimate of drug-likeness (QED) is 0.0222. The molecular formula is C74H144O17P2. The minimum Gasteiger partial charge on any atom is -0.462 e. The molecule has 3 N–H and O–H groups in total. The lowest BCUT2D eigenvalue weighted by molar-refractivity contribution is -0.161. The van der Waals surface area contributed by atoms with E-state index in [0.717, 1.165) is 108 Å². The minimum absolute atomic E-state index is 0.103. The summed E-state index contributed by atoms with van der Waals surface area (Å²) in [4.78, 5) is 72.6. The van der Waals surface area contributed by atoms with Crippen LogP contribution in [0.2, 0.25) is 0 Å². The molecular weight excluding hydrogens is 1220 g/mol. The molecule has 0 aliphatic rings. The largest absolute Gasteiger partial charge is 0.472 e. The first-order valence-corrected chi connectivity index (χ1v) is 41.3. The molecule has 0 amide bonds. The predicted octanol–water partition coefficient (Wildman–Crippen LogP) is 21.3. The molecule has 0 bridgehead atoms. The topological polar surface area (TPSA) is 237 Å². The van der Waals surface area contributed by atoms with Gasteiger partial charge >= 0.3 is 39.5 Å². The van der Waals surface area contributed by atoms with Gasteiger partial charge in [-0.1, -0.05) is 319 Å². The van der Waals surface area contributed by atoms with Crippen LogP contribution < -0.4 is 0 Å². The summed E-state index contributed by atoms with van der Waals surface area (Å²) in [5.74, 6) is 0.894. The van der Waals surface area contributed by atoms with Crippen LogP contribution in [0.15, 0.2) is 0 Å². The molecule has 0 heterocycles. The molecule has 0 aromatic carbocycles. The van der Waals surface area contributed by atoms with Crippen molar-refractivity contribution in [1.82, 2.24) is 0 Å². The Labute approximate surface area is 568 Å². The Morgan fingerprint density at radius 2 is 0.516 bits per heavy atom. The number of ether oxygens (including phenoxy) is 4. The van der Waals surface area contributed by atoms with Gasteiger partial charge in [-0.05, 0) is 49.4 Å². The van der Waals surface area contributed by atoms with Crippen molar-refractivity contribution in [2.45, 2.75) is 388 Å². The zero-order valence-electron chi connectivity index (χ0n) is 60.9. The molecule has 0 aromatic rings. The van der Waals surface area contributed by atoms with Crippen molar-refractivity contribution in [3.63, 3.8) is 0 Å². The van der Waals surface area contributed by atoms with E-state index in [0.29, 0.717) is 37.5 Å². The predicted molar refractivity (Wildman–Crippen MR) is 377 cm³/mol. The number of carbonyl (C=O) groups excluding carboxylic acids is 4. The van der Waals surface area contributed by atoms with Gasteiger partial charge in [0.15, 0.2) is 12.2 Å². The molecule has 0 aliphatic carbocycles. The Morgan fingerprint density at radius 3 is 0.763 bits per heavy atom. The molecule has 0 saturated heterocycles. The van der Waals surface area contributed by atoms with Gasteiger partial charge in [-0.2, -0.15) is 0 Å². The summed E-state index contributed by atoms with van der Waals surface area (Å²) in [5, 5.41) is 10.6. The molecule has 0 aliphatic heterocycles. The molecule has 7 atom stereocenters. The number of aliphatic hydroxyl groups excluding tert-OH is 1. The molecule has 0 saturated carbocycles. The zero-order valence-corrected chi connectivity index (χ0v) is 62.7. The highest BCUT2D eigenvalue weighted by molar-refractivity contribution is 7.47. The molecule has 19 heteroatoms. The summed E-state index contributed by atoms with van der Waals surface area (Å²) in [6.07, 6.45) is 47.5. The SMILES string of the molecule is CCC(C)CCCCCCCCCCCCCCCCCCCCC(=O)O[C@H](COC(=O)CCCCCCCCC(C)C)COP(=O)(O)OC[C@H](O)COP(=O)(O)OC[C@@H](COC(=O)CCCCCCCCCCC(C)CC)OC(=O)CCCCCCCCCC(C)C. The summed E-state index contributed by atoms with van der Waals surface area (Å²) in [7, 11) is -9.91. The number of aliphatic hydroxyl groups is 1. The standard InChI is InChI=1S/C74H144O17P2/c1-9-66(7)52-44-36-27-21-19-17-15-13-11-12-14-16-18-20-22-30-40-48-56-73(78)90-70(61-85-72(77)55-47-39-33-32-35-43-51-65(5)6)63-89-93(82,83)87-59-68(75)58-86-92(80,81)88-62-69(91-74(79)57-49-41-31-25-26-34-42-50-64(3)4)60-84-71(76)54-46-38-29-24-23-28-37-45-53-67(8)10-2/h64-70,75H,9-63H2,1-8H3,(H,80,81)(H,82,83)/t66?,67?,68-,69-,70-/m1/s1. The maximum absolute atomic E-state index is 13.0. The highest BCUT2D eigenvalue weighted by Crippen LogP contribution is 2.45. The highest BCUT2D eigenvalue weighted by Gasteiger charge is 2.30. The molecule has 0 spiro atoms. The van der Waals surface area contributed by atoms with Crippen molar-refractivity contribution < 1.29 is 80.2 Å². The van der Waals surface area contributed by atoms with E-state index in [9.17, 15) is 43.2 Å². The smallest absolute Gasteiger partial charge is 0.462 e. The van der Waals surface area contributed by atoms with Crippen LogP contribution in [0.4, 0.5) is 0 Å². The van der Waals surface area contributed by atoms with Gasteiger partial charge in [0.25, 0.3) is 0 Å². The molecule has 4 unspecified atom stereocenters. The number of rotatable bonds is 71. The molecule has 0 radical (unpaired) electrons. The second-order valence-corrected chi connectivity index (χ2v) is 31.0. The number of esters is 4. The van der Waals surface area contributed by atoms with E-state index in [2.05, 4.69) is 55.4 Å². The zero-order chi connectivity index (χ0) is 68.9. The van der Waals surface area contributed by atoms with E-state index in [-0.39, 0.29) is 25.7 Å². The highest BCUT2D eigenvalue weighted by atomic mass is 31.2. The van der Waals surface area contributed by atoms with E-state index in [1.807, 2.05) is 0 Å². The van der Waals surface area contributed by atoms with Crippen LogP contribution in [-0.4, -0.2) is 96.7 Å². The number of hydrogen-bond acceptors (Lipinski definition) is 15. The Morgan fingerprint density at radius 1 is 0.301 bits per heavy atom. The first-order chi connectivity index (χ1) is 44.7. The average molecular weight is 1370 g/mol. The second kappa shape index (κ2) is 63.5. The van der Waals surface area contributed by atoms with Crippen molar-refractivity contribution in [3.8, 4) is 0 Å². The number of phosphoric acid groups is 2. The van der Waals surface area contributed by atoms with Gasteiger partial charge in [0.05, 0.1) is 26.4 Å². The first kappa shape index (κ1) is 91.1. The van der Waals surface area contributed by atoms with Crippen LogP contribution >= 0.6 is 15.6 Å². The van der Waals surface area contributed by atoms with E-state index < -0.39 is 97.5 Å². The summed E-state index contributed by atoms with van der Waals surface area (Å²) in [5.41, 5.74) is 0. The fourth-order valence-electron chi connectivity index (χ4n) is 11.1. The van der Waals surface area contributed by atoms with E-state index >= 15 is 0 Å². The Balaban J connectivity index is 5.14. The van der Waals surface area contributed by atoms with Gasteiger partial charge in [0.1, 0.15) is 19.3 Å². The number of unbranched alkanes of at least 4 members (excludes halogenated alkanes) is 35. The van der Waals surface area contributed by atoms with Crippen LogP contribution in [0.5, 0.6) is 0 Å². The van der Waals surface area contributed by atoms with Crippen molar-refractivity contribution in [2.75, 3.05) is 39.6 Å². The van der Waals surface area contributed by atoms with Crippen molar-refractivity contribution in [1.29, 1.82) is 0 Å². The van der Waals surface area contributed by atoms with Crippen molar-refractivity contribution in [2.24, 2.45) is 23.7 Å². The van der Waals surface area contributed by atoms with E-state index in [1.54, 1.807) is 0 Å². The fraction of sp³-hybridized carbons (Fsp3) is 0.946. The normalized spacial score (nSPS) is 14.8. The summed E-state index contributed by atoms with van der Waals surface area (Å²) < 4.78 is 68.3. The molecule has 0 fully saturated rings. The van der Waals surface area contributed by atoms with Gasteiger partial charge in [0, 0.05) is 25.7 Å². The molecule has 0 aromatic heterocycles. The lowest BCUT2D eigenvalue weighted by Crippen LogP contribution is -2.30. The molecule has 552 valence electrons. The average Bonchev–Trinajstić information content (AvgIpc) is 3.63. The molecule has 0 rings (SSSR count). The van der Waals surface area contributed by atoms with Crippen molar-refractivity contribution >= 4 is 39.5 Å². The fourth-order valence-corrected chi connectivity index (χ4v) is 12.7. The van der Waals surface area contributed by atoms with Gasteiger partial charge < -0.3 is 33.8 Å². The number of hydrogen-bond donors (Lipinski definition) is 3. The summed E-state index contributed by atoms with van der Waals surface area (Å²) >= 11 is 0. The van der Waals surface area contributed by atoms with Crippen LogP contribution in [0.3, 0.4) is 0 Å². The third-order valence-corrected chi connectivity index (χ3v) is 19.7. The number of carbonyl (C=O) groups is 4. The van der Waals surface area contributed by atoms with Crippen LogP contribution in [0, 0.1) is 23.7 Å². The molecule has 17 nitrogen and oxygen atoms in total. The lowest BCUT2D eigenvalue weighted by Gasteiger charge is -2.21. The maximum atomic E-state index is 13.0. The first-order valence-electron chi connectivity index (χ1n) is 38.3. The minimum atomic E-state index is -4.95. The monoisotopic (exact) mass is 1370 g/mol. The van der Waals surface area contributed by atoms with Gasteiger partial charge in [-0.15, -0.1) is 0 Å². The summed E-state index contributed by atoms with van der Waals surface area (Å²) in [6, 6.07) is 0. The van der Waals surface area contributed by atoms with E-state index in [1.165, 1.54) is 167 Å². The van der Waals surface area contributed by atoms with Crippen LogP contribution in [0.25, 0.3) is 0 Å². The Hall–Kier alpha value is -1.94. The second-order valence-electron chi connectivity index (χ2n) is 28.1. The van der Waals surface area contributed by atoms with E-state index in [4.69, 9.17) is 37.0 Å². The van der Waals surface area contributed by atoms with Crippen LogP contribution in [-0.2, 0) is 65.4 Å². The van der Waals surface area contributed by atoms with Gasteiger partial charge in [-0.3, -0.25) is 37.3 Å².